The maximum absolute atomic E-state index is 10.3. The van der Waals surface area contributed by atoms with Crippen LogP contribution in [-0.2, 0) is 9.36 Å². The third-order valence-electron chi connectivity index (χ3n) is 4.77. The smallest absolute Gasteiger partial charge is 0.324 e. The minimum Gasteiger partial charge on any atom is -0.324 e. The molecule has 0 aliphatic heterocycles. The topological polar surface area (TPSA) is 86.6 Å². The van der Waals surface area contributed by atoms with Gasteiger partial charge in [0.1, 0.15) is 11.4 Å². The lowest BCUT2D eigenvalue weighted by atomic mass is 9.91. The van der Waals surface area contributed by atoms with Crippen LogP contribution < -0.4 is 5.32 Å². The summed E-state index contributed by atoms with van der Waals surface area (Å²) >= 11 is 0. The number of hydrogen-bond donors (Lipinski definition) is 3. The van der Waals surface area contributed by atoms with Crippen molar-refractivity contribution in [3.63, 3.8) is 0 Å². The Balaban J connectivity index is 0.000000239. The van der Waals surface area contributed by atoms with Crippen LogP contribution in [0.2, 0.25) is 0 Å². The molecule has 1 unspecified atom stereocenters. The van der Waals surface area contributed by atoms with E-state index in [1.54, 1.807) is 0 Å². The van der Waals surface area contributed by atoms with Gasteiger partial charge in [-0.25, -0.2) is 0 Å². The molecule has 2 rings (SSSR count). The van der Waals surface area contributed by atoms with Crippen LogP contribution in [0.3, 0.4) is 0 Å². The Morgan fingerprint density at radius 1 is 0.955 bits per heavy atom. The van der Waals surface area contributed by atoms with Gasteiger partial charge in [-0.2, -0.15) is 0 Å². The average molecular weight is 333 g/mol. The first-order valence-corrected chi connectivity index (χ1v) is 10.3. The predicted octanol–water partition coefficient (Wildman–Crippen LogP) is 3.38. The minimum absolute atomic E-state index is 0.483. The van der Waals surface area contributed by atoms with Gasteiger partial charge in [-0.1, -0.05) is 38.5 Å². The zero-order valence-corrected chi connectivity index (χ0v) is 14.9. The molecule has 1 atom stereocenters. The van der Waals surface area contributed by atoms with Gasteiger partial charge in [0.05, 0.1) is 0 Å². The van der Waals surface area contributed by atoms with Gasteiger partial charge in [0, 0.05) is 12.1 Å². The number of Topliss-reactive ketones (excluding diaryl/α,β-unsaturated/α-hetero) is 1. The van der Waals surface area contributed by atoms with E-state index in [4.69, 9.17) is 9.79 Å². The molecule has 2 saturated carbocycles. The summed E-state index contributed by atoms with van der Waals surface area (Å²) < 4.78 is 10.2. The summed E-state index contributed by atoms with van der Waals surface area (Å²) in [4.78, 5) is 27.0. The first-order valence-electron chi connectivity index (χ1n) is 8.62. The zero-order chi connectivity index (χ0) is 16.6. The van der Waals surface area contributed by atoms with Crippen molar-refractivity contribution < 1.29 is 19.1 Å². The quantitative estimate of drug-likeness (QED) is 0.687. The molecule has 2 fully saturated rings. The highest BCUT2D eigenvalue weighted by Crippen LogP contribution is 2.40. The van der Waals surface area contributed by atoms with E-state index in [-0.39, 0.29) is 0 Å². The Bertz CT molecular complexity index is 354. The van der Waals surface area contributed by atoms with E-state index in [9.17, 15) is 9.36 Å². The van der Waals surface area contributed by atoms with E-state index in [0.717, 1.165) is 19.0 Å². The number of nitrogens with one attached hydrogen (secondary N) is 1. The van der Waals surface area contributed by atoms with Crippen molar-refractivity contribution >= 4 is 13.4 Å². The molecule has 0 spiro atoms. The monoisotopic (exact) mass is 333 g/mol. The number of ketones is 1. The Morgan fingerprint density at radius 2 is 1.32 bits per heavy atom. The molecular formula is C16H32NO4P. The first-order chi connectivity index (χ1) is 10.3. The number of carbonyl (C=O) groups excluding carboxylic acids is 1. The zero-order valence-electron chi connectivity index (χ0n) is 14.0. The standard InChI is InChI=1S/C12H23N.C4H9O4P/c1-3-7-11(8-4-1)13-12-9-5-2-6-10-12;1-3(5)4(2)9(6,7)8/h11-13H,1-10H2;4H,1-2H3,(H2,6,7,8). The van der Waals surface area contributed by atoms with Gasteiger partial charge in [-0.05, 0) is 39.5 Å². The van der Waals surface area contributed by atoms with Gasteiger partial charge in [0.2, 0.25) is 0 Å². The van der Waals surface area contributed by atoms with Crippen molar-refractivity contribution in [2.75, 3.05) is 0 Å². The summed E-state index contributed by atoms with van der Waals surface area (Å²) in [7, 11) is -4.16. The van der Waals surface area contributed by atoms with Crippen LogP contribution in [-0.4, -0.2) is 33.3 Å². The van der Waals surface area contributed by atoms with E-state index in [1.807, 2.05) is 0 Å². The molecule has 0 saturated heterocycles. The second kappa shape index (κ2) is 9.82. The fourth-order valence-electron chi connectivity index (χ4n) is 3.11. The molecule has 0 aromatic heterocycles. The van der Waals surface area contributed by atoms with Crippen LogP contribution in [0.1, 0.15) is 78.1 Å². The van der Waals surface area contributed by atoms with Gasteiger partial charge in [-0.3, -0.25) is 9.36 Å². The van der Waals surface area contributed by atoms with E-state index in [0.29, 0.717) is 0 Å². The van der Waals surface area contributed by atoms with Gasteiger partial charge >= 0.3 is 7.60 Å². The molecule has 0 amide bonds. The SMILES string of the molecule is C1CCC(NC2CCCCC2)CC1.CC(=O)C(C)P(=O)(O)O. The van der Waals surface area contributed by atoms with Crippen molar-refractivity contribution in [3.05, 3.63) is 0 Å². The second-order valence-corrected chi connectivity index (χ2v) is 8.67. The van der Waals surface area contributed by atoms with E-state index >= 15 is 0 Å². The summed E-state index contributed by atoms with van der Waals surface area (Å²) in [5, 5.41) is 3.86. The number of carbonyl (C=O) groups is 1. The molecule has 0 heterocycles. The van der Waals surface area contributed by atoms with Crippen LogP contribution >= 0.6 is 7.60 Å². The molecule has 0 aromatic rings. The second-order valence-electron chi connectivity index (χ2n) is 6.71. The lowest BCUT2D eigenvalue weighted by molar-refractivity contribution is -0.116. The summed E-state index contributed by atoms with van der Waals surface area (Å²) in [5.41, 5.74) is -1.16. The van der Waals surface area contributed by atoms with Gasteiger partial charge in [0.15, 0.2) is 0 Å². The lowest BCUT2D eigenvalue weighted by Crippen LogP contribution is -2.40. The van der Waals surface area contributed by atoms with E-state index < -0.39 is 19.0 Å². The van der Waals surface area contributed by atoms with Crippen LogP contribution in [0.15, 0.2) is 0 Å². The summed E-state index contributed by atoms with van der Waals surface area (Å²) in [6.45, 7) is 2.37. The van der Waals surface area contributed by atoms with Crippen molar-refractivity contribution in [1.82, 2.24) is 5.32 Å². The Morgan fingerprint density at radius 3 is 1.55 bits per heavy atom. The molecule has 2 aliphatic carbocycles. The molecule has 6 heteroatoms. The largest absolute Gasteiger partial charge is 0.335 e. The van der Waals surface area contributed by atoms with E-state index in [1.165, 1.54) is 71.1 Å². The van der Waals surface area contributed by atoms with Crippen LogP contribution in [0.5, 0.6) is 0 Å². The normalized spacial score (nSPS) is 22.5. The van der Waals surface area contributed by atoms with Gasteiger partial charge in [0.25, 0.3) is 0 Å². The Kier molecular flexibility index (Phi) is 8.85. The Labute approximate surface area is 134 Å². The van der Waals surface area contributed by atoms with Crippen molar-refractivity contribution in [3.8, 4) is 0 Å². The Hall–Kier alpha value is -0.220. The minimum atomic E-state index is -4.16. The van der Waals surface area contributed by atoms with E-state index in [2.05, 4.69) is 5.32 Å². The molecule has 2 aliphatic rings. The fraction of sp³-hybridized carbons (Fsp3) is 0.938. The predicted molar refractivity (Wildman–Crippen MR) is 89.1 cm³/mol. The molecule has 0 aromatic carbocycles. The van der Waals surface area contributed by atoms with Crippen molar-refractivity contribution in [2.24, 2.45) is 0 Å². The number of hydrogen-bond acceptors (Lipinski definition) is 3. The lowest BCUT2D eigenvalue weighted by Gasteiger charge is -2.30. The van der Waals surface area contributed by atoms with Crippen LogP contribution in [0, 0.1) is 0 Å². The van der Waals surface area contributed by atoms with Crippen LogP contribution in [0.25, 0.3) is 0 Å². The third-order valence-corrected chi connectivity index (χ3v) is 6.15. The highest BCUT2D eigenvalue weighted by atomic mass is 31.2. The molecule has 22 heavy (non-hydrogen) atoms. The van der Waals surface area contributed by atoms with Gasteiger partial charge < -0.3 is 15.1 Å². The van der Waals surface area contributed by atoms with Crippen molar-refractivity contribution in [1.29, 1.82) is 0 Å². The molecule has 130 valence electrons. The first kappa shape index (κ1) is 19.8. The molecular weight excluding hydrogens is 301 g/mol. The summed E-state index contributed by atoms with van der Waals surface area (Å²) in [6, 6.07) is 1.74. The third kappa shape index (κ3) is 7.87. The fourth-order valence-corrected chi connectivity index (χ4v) is 3.58. The maximum atomic E-state index is 10.3. The average Bonchev–Trinajstić information content (AvgIpc) is 2.48. The maximum Gasteiger partial charge on any atom is 0.335 e. The highest BCUT2D eigenvalue weighted by Gasteiger charge is 2.27. The molecule has 3 N–H and O–H groups in total. The molecule has 0 radical (unpaired) electrons. The number of rotatable bonds is 4. The molecule has 5 nitrogen and oxygen atoms in total. The van der Waals surface area contributed by atoms with Crippen LogP contribution in [0.4, 0.5) is 0 Å². The van der Waals surface area contributed by atoms with Crippen molar-refractivity contribution in [2.45, 2.75) is 95.8 Å². The summed E-state index contributed by atoms with van der Waals surface area (Å²) in [6.07, 6.45) is 14.6. The summed E-state index contributed by atoms with van der Waals surface area (Å²) in [5.74, 6) is -0.483. The van der Waals surface area contributed by atoms with Gasteiger partial charge in [-0.15, -0.1) is 0 Å². The highest BCUT2D eigenvalue weighted by molar-refractivity contribution is 7.53. The molecule has 0 bridgehead atoms.